The van der Waals surface area contributed by atoms with E-state index in [4.69, 9.17) is 23.9 Å². The van der Waals surface area contributed by atoms with Gasteiger partial charge in [-0.2, -0.15) is 0 Å². The summed E-state index contributed by atoms with van der Waals surface area (Å²) in [5.74, 6) is 1.72. The predicted octanol–water partition coefficient (Wildman–Crippen LogP) is 7.08. The fraction of sp³-hybridized carbons (Fsp3) is 0.205. The first-order chi connectivity index (χ1) is 23.7. The molecule has 6 rings (SSSR count). The van der Waals surface area contributed by atoms with Crippen LogP contribution >= 0.6 is 27.3 Å². The minimum absolute atomic E-state index is 0.270. The Hall–Kier alpha value is -4.93. The van der Waals surface area contributed by atoms with E-state index in [1.807, 2.05) is 73.7 Å². The summed E-state index contributed by atoms with van der Waals surface area (Å²) < 4.78 is 26.4. The largest absolute Gasteiger partial charge is 0.490 e. The Bertz CT molecular complexity index is 2210. The molecule has 0 N–H and O–H groups in total. The van der Waals surface area contributed by atoms with Gasteiger partial charge >= 0.3 is 5.97 Å². The van der Waals surface area contributed by atoms with E-state index in [1.54, 1.807) is 41.8 Å². The summed E-state index contributed by atoms with van der Waals surface area (Å²) in [5, 5.41) is 0. The number of esters is 1. The molecule has 250 valence electrons. The summed E-state index contributed by atoms with van der Waals surface area (Å²) in [6, 6.07) is 27.3. The fourth-order valence-electron chi connectivity index (χ4n) is 5.52. The van der Waals surface area contributed by atoms with Gasteiger partial charge < -0.3 is 18.9 Å². The van der Waals surface area contributed by atoms with E-state index in [-0.39, 0.29) is 5.56 Å². The molecule has 4 aromatic carbocycles. The number of nitrogens with zero attached hydrogens (tertiary/aromatic N) is 2. The number of carbonyl (C=O) groups excluding carboxylic acids is 1. The maximum absolute atomic E-state index is 14.2. The number of rotatable bonds is 11. The molecule has 2 heterocycles. The first kappa shape index (κ1) is 34.0. The zero-order chi connectivity index (χ0) is 34.5. The van der Waals surface area contributed by atoms with E-state index in [9.17, 15) is 9.59 Å². The summed E-state index contributed by atoms with van der Waals surface area (Å²) in [6.07, 6.45) is 1.80. The maximum Gasteiger partial charge on any atom is 0.343 e. The molecule has 0 saturated carbocycles. The summed E-state index contributed by atoms with van der Waals surface area (Å²) in [5.41, 5.74) is 4.41. The third kappa shape index (κ3) is 7.55. The van der Waals surface area contributed by atoms with Crippen molar-refractivity contribution in [2.75, 3.05) is 19.8 Å². The molecule has 0 aliphatic carbocycles. The quantitative estimate of drug-likeness (QED) is 0.0818. The number of aryl methyl sites for hydroxylation is 2. The maximum atomic E-state index is 14.2. The standard InChI is InChI=1S/C39H35BrN2O6S/c1-5-45-32-22-27(21-31(40)36(32)47-19-18-46-30-17-16-24(2)25(3)20-30)23-33-37(43)42-35(28-12-8-6-9-13-28)34(26(4)41-39(42)49-33)38(44)48-29-14-10-7-11-15-29/h6-17,20-23,35H,5,18-19H2,1-4H3/b33-23-. The second-order valence-corrected chi connectivity index (χ2v) is 13.3. The lowest BCUT2D eigenvalue weighted by atomic mass is 9.96. The molecule has 1 unspecified atom stereocenters. The van der Waals surface area contributed by atoms with E-state index in [2.05, 4.69) is 29.8 Å². The molecule has 1 aliphatic heterocycles. The Morgan fingerprint density at radius 1 is 0.878 bits per heavy atom. The molecule has 8 nitrogen and oxygen atoms in total. The van der Waals surface area contributed by atoms with Gasteiger partial charge in [0.05, 0.1) is 32.9 Å². The van der Waals surface area contributed by atoms with Crippen LogP contribution in [0.5, 0.6) is 23.0 Å². The van der Waals surface area contributed by atoms with Gasteiger partial charge in [-0.1, -0.05) is 65.9 Å². The monoisotopic (exact) mass is 738 g/mol. The van der Waals surface area contributed by atoms with Gasteiger partial charge in [0.2, 0.25) is 0 Å². The number of halogens is 1. The van der Waals surface area contributed by atoms with Crippen LogP contribution in [-0.4, -0.2) is 30.4 Å². The molecule has 1 aliphatic rings. The highest BCUT2D eigenvalue weighted by atomic mass is 79.9. The van der Waals surface area contributed by atoms with E-state index < -0.39 is 12.0 Å². The summed E-state index contributed by atoms with van der Waals surface area (Å²) in [6.45, 7) is 8.87. The van der Waals surface area contributed by atoms with Crippen molar-refractivity contribution in [3.05, 3.63) is 149 Å². The zero-order valence-electron chi connectivity index (χ0n) is 27.6. The van der Waals surface area contributed by atoms with Crippen molar-refractivity contribution in [1.82, 2.24) is 4.57 Å². The SMILES string of the molecule is CCOc1cc(/C=c2\sc3n(c2=O)C(c2ccccc2)C(C(=O)Oc2ccccc2)=C(C)N=3)cc(Br)c1OCCOc1ccc(C)c(C)c1. The average Bonchev–Trinajstić information content (AvgIpc) is 3.39. The lowest BCUT2D eigenvalue weighted by Gasteiger charge is -2.24. The van der Waals surface area contributed by atoms with Gasteiger partial charge in [-0.25, -0.2) is 9.79 Å². The van der Waals surface area contributed by atoms with Crippen molar-refractivity contribution in [2.24, 2.45) is 4.99 Å². The third-order valence-electron chi connectivity index (χ3n) is 8.02. The van der Waals surface area contributed by atoms with Gasteiger partial charge in [0.25, 0.3) is 5.56 Å². The summed E-state index contributed by atoms with van der Waals surface area (Å²) >= 11 is 4.91. The number of para-hydroxylation sites is 1. The predicted molar refractivity (Wildman–Crippen MR) is 195 cm³/mol. The molecule has 0 bridgehead atoms. The molecule has 49 heavy (non-hydrogen) atoms. The number of benzene rings is 4. The Kier molecular flexibility index (Phi) is 10.5. The minimum atomic E-state index is -0.719. The van der Waals surface area contributed by atoms with Gasteiger partial charge in [0.15, 0.2) is 16.3 Å². The molecule has 5 aromatic rings. The molecule has 0 amide bonds. The van der Waals surface area contributed by atoms with Crippen LogP contribution < -0.4 is 33.8 Å². The van der Waals surface area contributed by atoms with Gasteiger partial charge in [-0.05, 0) is 108 Å². The van der Waals surface area contributed by atoms with Crippen molar-refractivity contribution in [1.29, 1.82) is 0 Å². The van der Waals surface area contributed by atoms with Crippen LogP contribution in [0, 0.1) is 13.8 Å². The van der Waals surface area contributed by atoms with Crippen LogP contribution in [0.25, 0.3) is 6.08 Å². The van der Waals surface area contributed by atoms with E-state index in [1.165, 1.54) is 22.5 Å². The van der Waals surface area contributed by atoms with Crippen LogP contribution in [-0.2, 0) is 4.79 Å². The van der Waals surface area contributed by atoms with Crippen molar-refractivity contribution in [2.45, 2.75) is 33.7 Å². The smallest absolute Gasteiger partial charge is 0.343 e. The van der Waals surface area contributed by atoms with E-state index in [0.29, 0.717) is 62.1 Å². The molecule has 0 saturated heterocycles. The van der Waals surface area contributed by atoms with E-state index in [0.717, 1.165) is 16.9 Å². The highest BCUT2D eigenvalue weighted by molar-refractivity contribution is 9.10. The second kappa shape index (κ2) is 15.1. The first-order valence-corrected chi connectivity index (χ1v) is 17.5. The number of hydrogen-bond acceptors (Lipinski definition) is 8. The van der Waals surface area contributed by atoms with E-state index >= 15 is 0 Å². The highest BCUT2D eigenvalue weighted by Gasteiger charge is 2.33. The summed E-state index contributed by atoms with van der Waals surface area (Å²) in [4.78, 5) is 33.0. The molecule has 0 radical (unpaired) electrons. The molecule has 0 fully saturated rings. The summed E-state index contributed by atoms with van der Waals surface area (Å²) in [7, 11) is 0. The lowest BCUT2D eigenvalue weighted by molar-refractivity contribution is -0.130. The highest BCUT2D eigenvalue weighted by Crippen LogP contribution is 2.37. The van der Waals surface area contributed by atoms with Crippen LogP contribution in [0.15, 0.2) is 117 Å². The third-order valence-corrected chi connectivity index (χ3v) is 9.59. The number of aromatic nitrogens is 1. The molecule has 0 spiro atoms. The van der Waals surface area contributed by atoms with Crippen LogP contribution in [0.3, 0.4) is 0 Å². The van der Waals surface area contributed by atoms with Crippen LogP contribution in [0.1, 0.15) is 42.1 Å². The van der Waals surface area contributed by atoms with Crippen LogP contribution in [0.2, 0.25) is 0 Å². The Balaban J connectivity index is 1.31. The van der Waals surface area contributed by atoms with Gasteiger partial charge in [0, 0.05) is 0 Å². The minimum Gasteiger partial charge on any atom is -0.490 e. The van der Waals surface area contributed by atoms with Crippen molar-refractivity contribution >= 4 is 39.3 Å². The molecular weight excluding hydrogens is 704 g/mol. The zero-order valence-corrected chi connectivity index (χ0v) is 30.0. The number of thiazole rings is 1. The lowest BCUT2D eigenvalue weighted by Crippen LogP contribution is -2.40. The first-order valence-electron chi connectivity index (χ1n) is 15.9. The number of allylic oxidation sites excluding steroid dienone is 1. The van der Waals surface area contributed by atoms with Gasteiger partial charge in [-0.3, -0.25) is 9.36 Å². The number of carbonyl (C=O) groups is 1. The average molecular weight is 740 g/mol. The molecule has 1 aromatic heterocycles. The molecule has 1 atom stereocenters. The van der Waals surface area contributed by atoms with Gasteiger partial charge in [-0.15, -0.1) is 0 Å². The molecule has 10 heteroatoms. The number of fused-ring (bicyclic) bond motifs is 1. The Labute approximate surface area is 296 Å². The van der Waals surface area contributed by atoms with Crippen LogP contribution in [0.4, 0.5) is 0 Å². The van der Waals surface area contributed by atoms with Crippen molar-refractivity contribution in [3.63, 3.8) is 0 Å². The molecular formula is C39H35BrN2O6S. The van der Waals surface area contributed by atoms with Crippen molar-refractivity contribution < 1.29 is 23.7 Å². The normalized spacial score (nSPS) is 14.2. The second-order valence-electron chi connectivity index (χ2n) is 11.4. The number of hydrogen-bond donors (Lipinski definition) is 0. The Morgan fingerprint density at radius 2 is 1.59 bits per heavy atom. The Morgan fingerprint density at radius 3 is 2.31 bits per heavy atom. The number of ether oxygens (including phenoxy) is 4. The topological polar surface area (TPSA) is 88.4 Å². The van der Waals surface area contributed by atoms with Gasteiger partial charge in [0.1, 0.15) is 24.7 Å². The van der Waals surface area contributed by atoms with Crippen molar-refractivity contribution in [3.8, 4) is 23.0 Å². The fourth-order valence-corrected chi connectivity index (χ4v) is 7.14.